The summed E-state index contributed by atoms with van der Waals surface area (Å²) in [5.41, 5.74) is 1.60. The predicted molar refractivity (Wildman–Crippen MR) is 187 cm³/mol. The summed E-state index contributed by atoms with van der Waals surface area (Å²) in [4.78, 5) is 46.5. The van der Waals surface area contributed by atoms with Crippen LogP contribution < -0.4 is 15.4 Å². The van der Waals surface area contributed by atoms with Crippen LogP contribution in [0.15, 0.2) is 18.2 Å². The molecular formula is C34H53IN2O12. The molecule has 2 amide bonds. The molecule has 4 N–H and O–H groups in total. The number of rotatable bonds is 26. The summed E-state index contributed by atoms with van der Waals surface area (Å²) in [6.45, 7) is 7.20. The summed E-state index contributed by atoms with van der Waals surface area (Å²) in [5, 5.41) is 25.1. The largest absolute Gasteiger partial charge is 0.479 e. The Morgan fingerprint density at radius 1 is 0.898 bits per heavy atom. The SMILES string of the molecule is CC(C)C(=O)OCc1cc(CCCOCCOCCOCCNC(=O)CCCCCNC(=O)CI)ccc1OC1C[C@@H](O)C[C@@H](C(=O)O)O1. The van der Waals surface area contributed by atoms with Crippen LogP contribution in [-0.4, -0.2) is 110 Å². The average molecular weight is 809 g/mol. The predicted octanol–water partition coefficient (Wildman–Crippen LogP) is 2.93. The number of aryl methyl sites for hydroxylation is 1. The van der Waals surface area contributed by atoms with E-state index >= 15 is 0 Å². The zero-order valence-electron chi connectivity index (χ0n) is 28.6. The molecule has 1 aliphatic rings. The van der Waals surface area contributed by atoms with Gasteiger partial charge < -0.3 is 49.3 Å². The third-order valence-corrected chi connectivity index (χ3v) is 8.05. The van der Waals surface area contributed by atoms with Gasteiger partial charge in [-0.1, -0.05) is 48.9 Å². The van der Waals surface area contributed by atoms with Gasteiger partial charge in [-0.15, -0.1) is 0 Å². The molecule has 0 spiro atoms. The number of hydrogen-bond acceptors (Lipinski definition) is 11. The highest BCUT2D eigenvalue weighted by atomic mass is 127. The fourth-order valence-corrected chi connectivity index (χ4v) is 4.97. The molecule has 14 nitrogen and oxygen atoms in total. The van der Waals surface area contributed by atoms with Crippen molar-refractivity contribution in [2.45, 2.75) is 90.3 Å². The minimum atomic E-state index is -1.17. The Bertz CT molecular complexity index is 1140. The highest BCUT2D eigenvalue weighted by Crippen LogP contribution is 2.28. The molecule has 3 atom stereocenters. The van der Waals surface area contributed by atoms with Gasteiger partial charge in [-0.25, -0.2) is 4.79 Å². The van der Waals surface area contributed by atoms with Crippen LogP contribution in [0.25, 0.3) is 0 Å². The molecule has 2 rings (SSSR count). The summed E-state index contributed by atoms with van der Waals surface area (Å²) >= 11 is 2.02. The molecular weight excluding hydrogens is 755 g/mol. The first-order valence-electron chi connectivity index (χ1n) is 16.9. The van der Waals surface area contributed by atoms with Gasteiger partial charge in [0.05, 0.1) is 49.5 Å². The van der Waals surface area contributed by atoms with Crippen molar-refractivity contribution in [3.8, 4) is 5.75 Å². The molecule has 0 aliphatic carbocycles. The number of amides is 2. The van der Waals surface area contributed by atoms with Crippen LogP contribution in [0.3, 0.4) is 0 Å². The Labute approximate surface area is 302 Å². The molecule has 49 heavy (non-hydrogen) atoms. The zero-order valence-corrected chi connectivity index (χ0v) is 30.8. The number of carboxylic acids is 1. The number of alkyl halides is 1. The van der Waals surface area contributed by atoms with Crippen LogP contribution in [0.1, 0.15) is 69.9 Å². The number of aliphatic carboxylic acids is 1. The van der Waals surface area contributed by atoms with Gasteiger partial charge >= 0.3 is 11.9 Å². The Hall–Kier alpha value is -2.57. The van der Waals surface area contributed by atoms with E-state index in [1.807, 2.05) is 34.7 Å². The molecule has 1 fully saturated rings. The molecule has 15 heteroatoms. The molecule has 278 valence electrons. The third-order valence-electron chi connectivity index (χ3n) is 7.36. The van der Waals surface area contributed by atoms with Crippen LogP contribution in [-0.2, 0) is 55.9 Å². The molecule has 1 unspecified atom stereocenters. The minimum Gasteiger partial charge on any atom is -0.479 e. The van der Waals surface area contributed by atoms with E-state index in [-0.39, 0.29) is 43.2 Å². The van der Waals surface area contributed by atoms with E-state index in [0.29, 0.717) is 81.3 Å². The summed E-state index contributed by atoms with van der Waals surface area (Å²) in [6, 6.07) is 5.49. The summed E-state index contributed by atoms with van der Waals surface area (Å²) in [6.07, 6.45) is 1.56. The Morgan fingerprint density at radius 3 is 2.29 bits per heavy atom. The number of halogens is 1. The Kier molecular flexibility index (Phi) is 22.1. The standard InChI is InChI=1S/C34H53IN2O12/c1-24(2)34(43)47-23-26-19-25(9-10-28(26)48-32-21-27(38)20-29(49-32)33(41)42)7-6-13-44-15-17-46-18-16-45-14-12-37-30(39)8-4-3-5-11-36-31(40)22-35/h9-10,19,24,27,29,32,38H,3-8,11-18,20-23H2,1-2H3,(H,36,40)(H,37,39)(H,41,42)/t27-,29-,32?/m0/s1. The quantitative estimate of drug-likeness (QED) is 0.0465. The van der Waals surface area contributed by atoms with Crippen LogP contribution in [0.5, 0.6) is 5.75 Å². The van der Waals surface area contributed by atoms with Crippen molar-refractivity contribution in [3.05, 3.63) is 29.3 Å². The molecule has 1 aliphatic heterocycles. The van der Waals surface area contributed by atoms with E-state index in [0.717, 1.165) is 31.2 Å². The molecule has 1 saturated heterocycles. The van der Waals surface area contributed by atoms with Crippen molar-refractivity contribution in [2.24, 2.45) is 5.92 Å². The van der Waals surface area contributed by atoms with Gasteiger partial charge in [0.2, 0.25) is 18.1 Å². The maximum absolute atomic E-state index is 12.1. The average Bonchev–Trinajstić information content (AvgIpc) is 3.07. The van der Waals surface area contributed by atoms with Gasteiger partial charge in [-0.05, 0) is 43.4 Å². The summed E-state index contributed by atoms with van der Waals surface area (Å²) in [5.74, 6) is -1.39. The van der Waals surface area contributed by atoms with Crippen molar-refractivity contribution < 1.29 is 57.8 Å². The number of benzene rings is 1. The van der Waals surface area contributed by atoms with Crippen LogP contribution in [0.4, 0.5) is 0 Å². The number of unbranched alkanes of at least 4 members (excludes halogenated alkanes) is 2. The lowest BCUT2D eigenvalue weighted by molar-refractivity contribution is -0.195. The second-order valence-corrected chi connectivity index (χ2v) is 12.7. The van der Waals surface area contributed by atoms with Crippen molar-refractivity contribution in [1.82, 2.24) is 10.6 Å². The molecule has 1 aromatic carbocycles. The first kappa shape index (κ1) is 42.6. The number of hydrogen-bond donors (Lipinski definition) is 4. The number of aliphatic hydroxyl groups excluding tert-OH is 1. The number of aliphatic hydroxyl groups is 1. The maximum Gasteiger partial charge on any atom is 0.333 e. The topological polar surface area (TPSA) is 188 Å². The second kappa shape index (κ2) is 25.4. The van der Waals surface area contributed by atoms with Gasteiger partial charge in [-0.2, -0.15) is 0 Å². The summed E-state index contributed by atoms with van der Waals surface area (Å²) in [7, 11) is 0. The summed E-state index contributed by atoms with van der Waals surface area (Å²) < 4.78 is 34.0. The van der Waals surface area contributed by atoms with E-state index in [1.165, 1.54) is 0 Å². The van der Waals surface area contributed by atoms with Crippen LogP contribution in [0, 0.1) is 5.92 Å². The lowest BCUT2D eigenvalue weighted by Crippen LogP contribution is -2.42. The van der Waals surface area contributed by atoms with E-state index in [2.05, 4.69) is 10.6 Å². The van der Waals surface area contributed by atoms with Gasteiger partial charge in [0.15, 0.2) is 6.10 Å². The number of carboxylic acid groups (broad SMARTS) is 1. The number of carbonyl (C=O) groups excluding carboxylic acids is 3. The van der Waals surface area contributed by atoms with Gasteiger partial charge in [0, 0.05) is 44.5 Å². The van der Waals surface area contributed by atoms with Crippen molar-refractivity contribution in [2.75, 3.05) is 57.2 Å². The first-order valence-corrected chi connectivity index (χ1v) is 18.5. The normalized spacial score (nSPS) is 17.4. The molecule has 0 bridgehead atoms. The van der Waals surface area contributed by atoms with Crippen molar-refractivity contribution >= 4 is 46.3 Å². The molecule has 0 saturated carbocycles. The Morgan fingerprint density at radius 2 is 1.59 bits per heavy atom. The lowest BCUT2D eigenvalue weighted by Gasteiger charge is -2.31. The van der Waals surface area contributed by atoms with Gasteiger partial charge in [0.25, 0.3) is 0 Å². The number of nitrogens with one attached hydrogen (secondary N) is 2. The van der Waals surface area contributed by atoms with E-state index < -0.39 is 24.5 Å². The van der Waals surface area contributed by atoms with Crippen LogP contribution in [0.2, 0.25) is 0 Å². The fourth-order valence-electron chi connectivity index (χ4n) is 4.70. The number of ether oxygens (including phenoxy) is 6. The highest BCUT2D eigenvalue weighted by molar-refractivity contribution is 14.1. The Balaban J connectivity index is 1.58. The van der Waals surface area contributed by atoms with E-state index in [9.17, 15) is 29.4 Å². The number of carbonyl (C=O) groups is 4. The molecule has 0 aromatic heterocycles. The minimum absolute atomic E-state index is 0.00422. The van der Waals surface area contributed by atoms with Crippen molar-refractivity contribution in [3.63, 3.8) is 0 Å². The van der Waals surface area contributed by atoms with E-state index in [4.69, 9.17) is 28.4 Å². The fraction of sp³-hybridized carbons (Fsp3) is 0.706. The molecule has 0 radical (unpaired) electrons. The lowest BCUT2D eigenvalue weighted by atomic mass is 10.0. The molecule has 1 aromatic rings. The monoisotopic (exact) mass is 808 g/mol. The molecule has 1 heterocycles. The maximum atomic E-state index is 12.1. The van der Waals surface area contributed by atoms with E-state index in [1.54, 1.807) is 19.9 Å². The highest BCUT2D eigenvalue weighted by Gasteiger charge is 2.34. The zero-order chi connectivity index (χ0) is 35.9. The third kappa shape index (κ3) is 19.4. The van der Waals surface area contributed by atoms with Gasteiger partial charge in [0.1, 0.15) is 12.4 Å². The smallest absolute Gasteiger partial charge is 0.333 e. The number of esters is 1. The van der Waals surface area contributed by atoms with Crippen molar-refractivity contribution in [1.29, 1.82) is 0 Å². The van der Waals surface area contributed by atoms with Crippen LogP contribution >= 0.6 is 22.6 Å². The second-order valence-electron chi connectivity index (χ2n) is 11.9. The van der Waals surface area contributed by atoms with Gasteiger partial charge in [-0.3, -0.25) is 14.4 Å². The first-order chi connectivity index (χ1) is 23.6.